The van der Waals surface area contributed by atoms with E-state index in [-0.39, 0.29) is 11.0 Å². The van der Waals surface area contributed by atoms with E-state index in [1.807, 2.05) is 6.92 Å². The summed E-state index contributed by atoms with van der Waals surface area (Å²) in [5.41, 5.74) is 1.02. The van der Waals surface area contributed by atoms with Gasteiger partial charge in [0.2, 0.25) is 0 Å². The highest BCUT2D eigenvalue weighted by Crippen LogP contribution is 1.98. The molecule has 1 N–H and O–H groups in total. The van der Waals surface area contributed by atoms with Crippen LogP contribution in [0.2, 0.25) is 0 Å². The van der Waals surface area contributed by atoms with Crippen LogP contribution < -0.4 is 5.32 Å². The fraction of sp³-hybridized carbons (Fsp3) is 0.778. The smallest absolute Gasteiger partial charge is 0.153 e. The average Bonchev–Trinajstić information content (AvgIpc) is 1.97. The molecule has 0 radical (unpaired) electrons. The lowest BCUT2D eigenvalue weighted by molar-refractivity contribution is 0.583. The average molecular weight is 205 g/mol. The van der Waals surface area contributed by atoms with Crippen LogP contribution >= 0.6 is 0 Å². The van der Waals surface area contributed by atoms with Crippen LogP contribution in [0.25, 0.3) is 0 Å². The van der Waals surface area contributed by atoms with Crippen molar-refractivity contribution >= 4 is 9.84 Å². The summed E-state index contributed by atoms with van der Waals surface area (Å²) in [4.78, 5) is 0. The molecular formula is C9H19NO2S. The van der Waals surface area contributed by atoms with Crippen LogP contribution in [0.5, 0.6) is 0 Å². The summed E-state index contributed by atoms with van der Waals surface area (Å²) in [6.07, 6.45) is 0. The largest absolute Gasteiger partial charge is 0.312 e. The van der Waals surface area contributed by atoms with Crippen molar-refractivity contribution in [2.75, 3.05) is 18.8 Å². The maximum atomic E-state index is 11.3. The number of rotatable bonds is 6. The Bertz CT molecular complexity index is 255. The van der Waals surface area contributed by atoms with Crippen molar-refractivity contribution < 1.29 is 8.42 Å². The molecule has 0 atom stereocenters. The van der Waals surface area contributed by atoms with Gasteiger partial charge >= 0.3 is 0 Å². The molecule has 0 saturated carbocycles. The first kappa shape index (κ1) is 12.7. The molecule has 0 bridgehead atoms. The van der Waals surface area contributed by atoms with Gasteiger partial charge in [0, 0.05) is 13.1 Å². The Hall–Kier alpha value is -0.350. The van der Waals surface area contributed by atoms with Gasteiger partial charge in [0.1, 0.15) is 0 Å². The fourth-order valence-corrected chi connectivity index (χ4v) is 1.65. The SMILES string of the molecule is C=C(C)CNCCS(=O)(=O)C(C)C. The molecule has 0 aromatic heterocycles. The number of nitrogens with one attached hydrogen (secondary N) is 1. The molecule has 0 aromatic carbocycles. The molecule has 0 saturated heterocycles. The quantitative estimate of drug-likeness (QED) is 0.519. The van der Waals surface area contributed by atoms with Crippen molar-refractivity contribution in [1.82, 2.24) is 5.32 Å². The zero-order chi connectivity index (χ0) is 10.5. The van der Waals surface area contributed by atoms with Crippen molar-refractivity contribution in [1.29, 1.82) is 0 Å². The molecule has 0 aliphatic rings. The summed E-state index contributed by atoms with van der Waals surface area (Å²) in [5, 5.41) is 2.74. The van der Waals surface area contributed by atoms with E-state index in [9.17, 15) is 8.42 Å². The van der Waals surface area contributed by atoms with Gasteiger partial charge < -0.3 is 5.32 Å². The van der Waals surface area contributed by atoms with E-state index in [1.165, 1.54) is 0 Å². The van der Waals surface area contributed by atoms with Crippen LogP contribution in [0, 0.1) is 0 Å². The third-order valence-corrected chi connectivity index (χ3v) is 3.92. The summed E-state index contributed by atoms with van der Waals surface area (Å²) in [6, 6.07) is 0. The Morgan fingerprint density at radius 2 is 2.00 bits per heavy atom. The second-order valence-corrected chi connectivity index (χ2v) is 6.23. The lowest BCUT2D eigenvalue weighted by atomic mass is 10.3. The topological polar surface area (TPSA) is 46.2 Å². The van der Waals surface area contributed by atoms with Crippen LogP contribution in [-0.4, -0.2) is 32.5 Å². The van der Waals surface area contributed by atoms with Gasteiger partial charge in [-0.2, -0.15) is 0 Å². The Labute approximate surface area is 81.1 Å². The van der Waals surface area contributed by atoms with Crippen molar-refractivity contribution in [3.63, 3.8) is 0 Å². The van der Waals surface area contributed by atoms with E-state index in [1.54, 1.807) is 13.8 Å². The zero-order valence-electron chi connectivity index (χ0n) is 8.63. The molecule has 0 heterocycles. The van der Waals surface area contributed by atoms with E-state index >= 15 is 0 Å². The van der Waals surface area contributed by atoms with E-state index in [4.69, 9.17) is 0 Å². The third kappa shape index (κ3) is 5.82. The Balaban J connectivity index is 3.72. The van der Waals surface area contributed by atoms with Crippen molar-refractivity contribution in [3.05, 3.63) is 12.2 Å². The molecule has 0 amide bonds. The summed E-state index contributed by atoms with van der Waals surface area (Å²) >= 11 is 0. The Morgan fingerprint density at radius 3 is 2.38 bits per heavy atom. The van der Waals surface area contributed by atoms with E-state index < -0.39 is 9.84 Å². The van der Waals surface area contributed by atoms with Crippen LogP contribution in [-0.2, 0) is 9.84 Å². The van der Waals surface area contributed by atoms with Gasteiger partial charge in [-0.05, 0) is 20.8 Å². The lowest BCUT2D eigenvalue weighted by Crippen LogP contribution is -2.28. The first-order valence-corrected chi connectivity index (χ1v) is 6.14. The van der Waals surface area contributed by atoms with Crippen LogP contribution in [0.3, 0.4) is 0 Å². The molecule has 0 aliphatic carbocycles. The summed E-state index contributed by atoms with van der Waals surface area (Å²) in [6.45, 7) is 10.2. The predicted octanol–water partition coefficient (Wildman–Crippen LogP) is 0.975. The molecule has 0 unspecified atom stereocenters. The molecule has 78 valence electrons. The summed E-state index contributed by atoms with van der Waals surface area (Å²) in [5.74, 6) is 0.206. The third-order valence-electron chi connectivity index (χ3n) is 1.71. The normalized spacial score (nSPS) is 12.0. The minimum Gasteiger partial charge on any atom is -0.312 e. The van der Waals surface area contributed by atoms with Crippen LogP contribution in [0.1, 0.15) is 20.8 Å². The minimum absolute atomic E-state index is 0.206. The molecule has 3 nitrogen and oxygen atoms in total. The molecule has 0 spiro atoms. The van der Waals surface area contributed by atoms with Gasteiger partial charge in [0.15, 0.2) is 9.84 Å². The van der Waals surface area contributed by atoms with Crippen LogP contribution in [0.15, 0.2) is 12.2 Å². The monoisotopic (exact) mass is 205 g/mol. The van der Waals surface area contributed by atoms with Crippen molar-refractivity contribution in [2.24, 2.45) is 0 Å². The Kier molecular flexibility index (Phi) is 5.25. The van der Waals surface area contributed by atoms with Crippen molar-refractivity contribution in [3.8, 4) is 0 Å². The first-order chi connectivity index (χ1) is 5.86. The molecule has 4 heteroatoms. The second kappa shape index (κ2) is 5.40. The fourth-order valence-electron chi connectivity index (χ4n) is 0.752. The molecule has 0 aliphatic heterocycles. The lowest BCUT2D eigenvalue weighted by Gasteiger charge is -2.08. The maximum absolute atomic E-state index is 11.3. The summed E-state index contributed by atoms with van der Waals surface area (Å²) in [7, 11) is -2.89. The van der Waals surface area contributed by atoms with Gasteiger partial charge in [-0.15, -0.1) is 0 Å². The van der Waals surface area contributed by atoms with Gasteiger partial charge in [0.25, 0.3) is 0 Å². The molecule has 0 aromatic rings. The number of sulfone groups is 1. The number of hydrogen-bond donors (Lipinski definition) is 1. The van der Waals surface area contributed by atoms with Gasteiger partial charge in [0.05, 0.1) is 11.0 Å². The van der Waals surface area contributed by atoms with E-state index in [2.05, 4.69) is 11.9 Å². The van der Waals surface area contributed by atoms with Gasteiger partial charge in [-0.3, -0.25) is 0 Å². The summed E-state index contributed by atoms with van der Waals surface area (Å²) < 4.78 is 22.6. The molecule has 13 heavy (non-hydrogen) atoms. The first-order valence-electron chi connectivity index (χ1n) is 4.43. The van der Waals surface area contributed by atoms with Gasteiger partial charge in [-0.1, -0.05) is 12.2 Å². The maximum Gasteiger partial charge on any atom is 0.153 e. The van der Waals surface area contributed by atoms with Crippen LogP contribution in [0.4, 0.5) is 0 Å². The molecule has 0 rings (SSSR count). The van der Waals surface area contributed by atoms with Gasteiger partial charge in [-0.25, -0.2) is 8.42 Å². The second-order valence-electron chi connectivity index (χ2n) is 3.55. The number of hydrogen-bond acceptors (Lipinski definition) is 3. The Morgan fingerprint density at radius 1 is 1.46 bits per heavy atom. The highest BCUT2D eigenvalue weighted by atomic mass is 32.2. The van der Waals surface area contributed by atoms with E-state index in [0.29, 0.717) is 13.1 Å². The highest BCUT2D eigenvalue weighted by Gasteiger charge is 2.14. The standard InChI is InChI=1S/C9H19NO2S/c1-8(2)7-10-5-6-13(11,12)9(3)4/h9-10H,1,5-7H2,2-4H3. The zero-order valence-corrected chi connectivity index (χ0v) is 9.45. The predicted molar refractivity (Wildman–Crippen MR) is 56.6 cm³/mol. The minimum atomic E-state index is -2.89. The molecule has 0 fully saturated rings. The van der Waals surface area contributed by atoms with Crippen molar-refractivity contribution in [2.45, 2.75) is 26.0 Å². The highest BCUT2D eigenvalue weighted by molar-refractivity contribution is 7.92. The molecular weight excluding hydrogens is 186 g/mol. The van der Waals surface area contributed by atoms with E-state index in [0.717, 1.165) is 5.57 Å².